The van der Waals surface area contributed by atoms with E-state index < -0.39 is 11.4 Å². The maximum Gasteiger partial charge on any atom is 0.242 e. The van der Waals surface area contributed by atoms with Crippen LogP contribution in [0.5, 0.6) is 0 Å². The van der Waals surface area contributed by atoms with E-state index in [1.165, 1.54) is 0 Å². The lowest BCUT2D eigenvalue weighted by Crippen LogP contribution is -2.51. The number of anilines is 1. The highest BCUT2D eigenvalue weighted by Gasteiger charge is 2.32. The lowest BCUT2D eigenvalue weighted by Gasteiger charge is -2.28. The Bertz CT molecular complexity index is 506. The highest BCUT2D eigenvalue weighted by Crippen LogP contribution is 2.23. The number of primary amides is 1. The minimum absolute atomic E-state index is 0.259. The number of azide groups is 1. The zero-order valence-electron chi connectivity index (χ0n) is 12.0. The summed E-state index contributed by atoms with van der Waals surface area (Å²) in [5, 5.41) is 6.47. The monoisotopic (exact) mass is 276 g/mol. The molecule has 20 heavy (non-hydrogen) atoms. The first-order chi connectivity index (χ1) is 9.41. The number of benzene rings is 1. The molecule has 7 heteroatoms. The Morgan fingerprint density at radius 3 is 2.50 bits per heavy atom. The summed E-state index contributed by atoms with van der Waals surface area (Å²) in [6, 6.07) is 7.57. The van der Waals surface area contributed by atoms with Crippen molar-refractivity contribution >= 4 is 11.6 Å². The van der Waals surface area contributed by atoms with Gasteiger partial charge in [0, 0.05) is 37.8 Å². The molecule has 1 atom stereocenters. The highest BCUT2D eigenvalue weighted by atomic mass is 16.1. The first-order valence-corrected chi connectivity index (χ1v) is 6.25. The SMILES string of the molecule is CN(C)c1ccc(C(C)(NCCN=[N+]=[N-])C(N)=O)cc1. The van der Waals surface area contributed by atoms with Gasteiger partial charge < -0.3 is 10.6 Å². The van der Waals surface area contributed by atoms with Gasteiger partial charge >= 0.3 is 0 Å². The third kappa shape index (κ3) is 3.63. The standard InChI is InChI=1S/C13H20N6O/c1-13(12(14)20,16-8-9-17-18-15)10-4-6-11(7-5-10)19(2)3/h4-7,16H,8-9H2,1-3H3,(H2,14,20). The van der Waals surface area contributed by atoms with Gasteiger partial charge in [-0.3, -0.25) is 10.1 Å². The molecule has 0 bridgehead atoms. The van der Waals surface area contributed by atoms with Crippen LogP contribution in [0, 0.1) is 0 Å². The Morgan fingerprint density at radius 2 is 2.05 bits per heavy atom. The summed E-state index contributed by atoms with van der Waals surface area (Å²) in [5.41, 5.74) is 14.6. The number of amides is 1. The van der Waals surface area contributed by atoms with Crippen LogP contribution in [0.4, 0.5) is 5.69 Å². The number of carbonyl (C=O) groups excluding carboxylic acids is 1. The molecule has 0 aliphatic rings. The number of nitrogens with zero attached hydrogens (tertiary/aromatic N) is 4. The lowest BCUT2D eigenvalue weighted by molar-refractivity contribution is -0.124. The number of rotatable bonds is 7. The smallest absolute Gasteiger partial charge is 0.242 e. The summed E-state index contributed by atoms with van der Waals surface area (Å²) in [4.78, 5) is 16.4. The first-order valence-electron chi connectivity index (χ1n) is 6.25. The quantitative estimate of drug-likeness (QED) is 0.339. The molecular formula is C13H20N6O. The predicted octanol–water partition coefficient (Wildman–Crippen LogP) is 1.35. The van der Waals surface area contributed by atoms with Crippen LogP contribution in [0.15, 0.2) is 29.4 Å². The van der Waals surface area contributed by atoms with Crippen molar-refractivity contribution in [2.24, 2.45) is 10.8 Å². The van der Waals surface area contributed by atoms with Crippen molar-refractivity contribution in [1.29, 1.82) is 0 Å². The van der Waals surface area contributed by atoms with E-state index in [2.05, 4.69) is 15.3 Å². The third-order valence-corrected chi connectivity index (χ3v) is 3.21. The molecule has 0 aromatic heterocycles. The molecule has 0 radical (unpaired) electrons. The molecule has 108 valence electrons. The maximum absolute atomic E-state index is 11.8. The van der Waals surface area contributed by atoms with Crippen LogP contribution in [0.3, 0.4) is 0 Å². The van der Waals surface area contributed by atoms with E-state index in [0.717, 1.165) is 11.3 Å². The Labute approximate surface area is 118 Å². The van der Waals surface area contributed by atoms with Crippen LogP contribution in [0.25, 0.3) is 10.4 Å². The summed E-state index contributed by atoms with van der Waals surface area (Å²) in [5.74, 6) is -0.476. The number of nitrogens with two attached hydrogens (primary N) is 1. The summed E-state index contributed by atoms with van der Waals surface area (Å²) in [6.45, 7) is 2.35. The normalized spacial score (nSPS) is 13.2. The molecule has 1 amide bonds. The summed E-state index contributed by atoms with van der Waals surface area (Å²) >= 11 is 0. The van der Waals surface area contributed by atoms with Crippen LogP contribution in [0.2, 0.25) is 0 Å². The molecule has 0 aliphatic heterocycles. The van der Waals surface area contributed by atoms with Crippen molar-refractivity contribution in [2.45, 2.75) is 12.5 Å². The first kappa shape index (κ1) is 15.8. The van der Waals surface area contributed by atoms with Crippen LogP contribution in [-0.4, -0.2) is 33.1 Å². The van der Waals surface area contributed by atoms with E-state index in [1.807, 2.05) is 43.3 Å². The fourth-order valence-corrected chi connectivity index (χ4v) is 1.82. The van der Waals surface area contributed by atoms with E-state index in [9.17, 15) is 4.79 Å². The van der Waals surface area contributed by atoms with Gasteiger partial charge in [0.05, 0.1) is 0 Å². The number of carbonyl (C=O) groups is 1. The number of hydrogen-bond acceptors (Lipinski definition) is 4. The van der Waals surface area contributed by atoms with Crippen molar-refractivity contribution < 1.29 is 4.79 Å². The Kier molecular flexibility index (Phi) is 5.37. The zero-order valence-corrected chi connectivity index (χ0v) is 12.0. The van der Waals surface area contributed by atoms with Gasteiger partial charge in [-0.1, -0.05) is 17.2 Å². The van der Waals surface area contributed by atoms with Gasteiger partial charge in [0.2, 0.25) is 5.91 Å². The Hall–Kier alpha value is -2.24. The molecule has 1 aromatic rings. The van der Waals surface area contributed by atoms with Crippen molar-refractivity contribution in [3.63, 3.8) is 0 Å². The van der Waals surface area contributed by atoms with Gasteiger partial charge in [0.25, 0.3) is 0 Å². The van der Waals surface area contributed by atoms with Gasteiger partial charge in [0.15, 0.2) is 0 Å². The van der Waals surface area contributed by atoms with Crippen LogP contribution >= 0.6 is 0 Å². The van der Waals surface area contributed by atoms with Crippen LogP contribution < -0.4 is 16.0 Å². The summed E-state index contributed by atoms with van der Waals surface area (Å²) < 4.78 is 0. The van der Waals surface area contributed by atoms with E-state index >= 15 is 0 Å². The van der Waals surface area contributed by atoms with Crippen molar-refractivity contribution in [1.82, 2.24) is 5.32 Å². The highest BCUT2D eigenvalue weighted by molar-refractivity contribution is 5.85. The minimum atomic E-state index is -0.990. The van der Waals surface area contributed by atoms with Crippen molar-refractivity contribution in [2.75, 3.05) is 32.1 Å². The molecule has 3 N–H and O–H groups in total. The van der Waals surface area contributed by atoms with Crippen LogP contribution in [-0.2, 0) is 10.3 Å². The fraction of sp³-hybridized carbons (Fsp3) is 0.462. The lowest BCUT2D eigenvalue weighted by atomic mass is 9.91. The van der Waals surface area contributed by atoms with Gasteiger partial charge in [-0.15, -0.1) is 0 Å². The summed E-state index contributed by atoms with van der Waals surface area (Å²) in [6.07, 6.45) is 0. The fourth-order valence-electron chi connectivity index (χ4n) is 1.82. The Morgan fingerprint density at radius 1 is 1.45 bits per heavy atom. The zero-order chi connectivity index (χ0) is 15.2. The van der Waals surface area contributed by atoms with Gasteiger partial charge in [-0.05, 0) is 30.2 Å². The van der Waals surface area contributed by atoms with Gasteiger partial charge in [-0.25, -0.2) is 0 Å². The molecule has 0 aliphatic carbocycles. The summed E-state index contributed by atoms with van der Waals surface area (Å²) in [7, 11) is 3.89. The van der Waals surface area contributed by atoms with Gasteiger partial charge in [-0.2, -0.15) is 0 Å². The second-order valence-electron chi connectivity index (χ2n) is 4.81. The second-order valence-corrected chi connectivity index (χ2v) is 4.81. The van der Waals surface area contributed by atoms with E-state index in [4.69, 9.17) is 11.3 Å². The van der Waals surface area contributed by atoms with E-state index in [1.54, 1.807) is 6.92 Å². The number of nitrogens with one attached hydrogen (secondary N) is 1. The maximum atomic E-state index is 11.8. The molecule has 0 spiro atoms. The molecule has 1 rings (SSSR count). The minimum Gasteiger partial charge on any atom is -0.378 e. The van der Waals surface area contributed by atoms with Crippen LogP contribution in [0.1, 0.15) is 12.5 Å². The Balaban J connectivity index is 2.94. The predicted molar refractivity (Wildman–Crippen MR) is 79.3 cm³/mol. The third-order valence-electron chi connectivity index (χ3n) is 3.21. The second kappa shape index (κ2) is 6.79. The molecule has 1 aromatic carbocycles. The number of hydrogen-bond donors (Lipinski definition) is 2. The average Bonchev–Trinajstić information content (AvgIpc) is 2.43. The van der Waals surface area contributed by atoms with Gasteiger partial charge in [0.1, 0.15) is 5.54 Å². The van der Waals surface area contributed by atoms with Crippen molar-refractivity contribution in [3.8, 4) is 0 Å². The average molecular weight is 276 g/mol. The molecule has 0 saturated heterocycles. The van der Waals surface area contributed by atoms with E-state index in [-0.39, 0.29) is 6.54 Å². The molecule has 0 heterocycles. The molecule has 7 nitrogen and oxygen atoms in total. The topological polar surface area (TPSA) is 107 Å². The molecular weight excluding hydrogens is 256 g/mol. The largest absolute Gasteiger partial charge is 0.378 e. The molecule has 1 unspecified atom stereocenters. The van der Waals surface area contributed by atoms with Crippen molar-refractivity contribution in [3.05, 3.63) is 40.3 Å². The molecule has 0 saturated carbocycles. The molecule has 0 fully saturated rings. The van der Waals surface area contributed by atoms with E-state index in [0.29, 0.717) is 6.54 Å².